The van der Waals surface area contributed by atoms with Crippen LogP contribution in [0.25, 0.3) is 0 Å². The molecule has 1 nitrogen and oxygen atoms in total. The van der Waals surface area contributed by atoms with Gasteiger partial charge < -0.3 is 4.74 Å². The average Bonchev–Trinajstić information content (AvgIpc) is 2.32. The Bertz CT molecular complexity index is 148. The van der Waals surface area contributed by atoms with Crippen LogP contribution < -0.4 is 0 Å². The quantitative estimate of drug-likeness (QED) is 0.351. The van der Waals surface area contributed by atoms with Gasteiger partial charge in [0.2, 0.25) is 0 Å². The molecule has 0 heterocycles. The lowest BCUT2D eigenvalue weighted by Crippen LogP contribution is -2.06. The first-order chi connectivity index (χ1) is 7.85. The molecule has 1 atom stereocenters. The average molecular weight is 226 g/mol. The normalized spacial score (nSPS) is 13.4. The van der Waals surface area contributed by atoms with Gasteiger partial charge in [-0.1, -0.05) is 58.1 Å². The number of unbranched alkanes of at least 4 members (excludes halogenated alkanes) is 6. The minimum Gasteiger partial charge on any atom is -0.381 e. The summed E-state index contributed by atoms with van der Waals surface area (Å²) in [6.07, 6.45) is 16.8. The van der Waals surface area contributed by atoms with Crippen molar-refractivity contribution in [3.63, 3.8) is 0 Å². The first kappa shape index (κ1) is 15.7. The molecule has 0 amide bonds. The number of allylic oxidation sites excluding steroid dienone is 1. The van der Waals surface area contributed by atoms with Gasteiger partial charge in [-0.25, -0.2) is 0 Å². The first-order valence-electron chi connectivity index (χ1n) is 7.02. The maximum absolute atomic E-state index is 5.32. The first-order valence-corrected chi connectivity index (χ1v) is 7.02. The van der Waals surface area contributed by atoms with Crippen molar-refractivity contribution >= 4 is 0 Å². The van der Waals surface area contributed by atoms with Gasteiger partial charge in [-0.2, -0.15) is 0 Å². The van der Waals surface area contributed by atoms with Gasteiger partial charge in [0.05, 0.1) is 6.10 Å². The second kappa shape index (κ2) is 12.8. The van der Waals surface area contributed by atoms with Crippen LogP contribution in [0.4, 0.5) is 0 Å². The van der Waals surface area contributed by atoms with Crippen molar-refractivity contribution in [1.82, 2.24) is 0 Å². The highest BCUT2D eigenvalue weighted by molar-refractivity contribution is 4.84. The van der Waals surface area contributed by atoms with Crippen LogP contribution in [-0.2, 0) is 4.74 Å². The van der Waals surface area contributed by atoms with Gasteiger partial charge in [0, 0.05) is 7.11 Å². The van der Waals surface area contributed by atoms with Crippen molar-refractivity contribution in [2.45, 2.75) is 77.7 Å². The fraction of sp³-hybridized carbons (Fsp3) is 0.867. The summed E-state index contributed by atoms with van der Waals surface area (Å²) in [7, 11) is 1.80. The standard InChI is InChI=1S/C15H30O/c1-4-6-7-8-9-10-11-12-13-14-15(5-2)16-3/h12-13,15H,4-11,14H2,1-3H3. The van der Waals surface area contributed by atoms with Crippen LogP contribution in [0, 0.1) is 0 Å². The third-order valence-corrected chi connectivity index (χ3v) is 3.08. The molecule has 0 aromatic carbocycles. The summed E-state index contributed by atoms with van der Waals surface area (Å²) in [5.74, 6) is 0. The summed E-state index contributed by atoms with van der Waals surface area (Å²) in [4.78, 5) is 0. The van der Waals surface area contributed by atoms with Crippen LogP contribution >= 0.6 is 0 Å². The molecule has 0 aliphatic heterocycles. The smallest absolute Gasteiger partial charge is 0.0603 e. The van der Waals surface area contributed by atoms with E-state index in [9.17, 15) is 0 Å². The lowest BCUT2D eigenvalue weighted by molar-refractivity contribution is 0.102. The Labute approximate surface area is 102 Å². The molecule has 0 saturated carbocycles. The van der Waals surface area contributed by atoms with Gasteiger partial charge in [0.15, 0.2) is 0 Å². The largest absolute Gasteiger partial charge is 0.381 e. The third-order valence-electron chi connectivity index (χ3n) is 3.08. The lowest BCUT2D eigenvalue weighted by Gasteiger charge is -2.08. The minimum atomic E-state index is 0.417. The Balaban J connectivity index is 3.21. The van der Waals surface area contributed by atoms with Crippen LogP contribution in [0.3, 0.4) is 0 Å². The summed E-state index contributed by atoms with van der Waals surface area (Å²) >= 11 is 0. The van der Waals surface area contributed by atoms with E-state index in [-0.39, 0.29) is 0 Å². The molecule has 0 N–H and O–H groups in total. The summed E-state index contributed by atoms with van der Waals surface area (Å²) in [6.45, 7) is 4.44. The predicted octanol–water partition coefficient (Wildman–Crippen LogP) is 5.11. The molecular weight excluding hydrogens is 196 g/mol. The molecule has 0 fully saturated rings. The summed E-state index contributed by atoms with van der Waals surface area (Å²) in [6, 6.07) is 0. The van der Waals surface area contributed by atoms with E-state index in [1.165, 1.54) is 44.9 Å². The molecule has 0 radical (unpaired) electrons. The molecule has 1 unspecified atom stereocenters. The Morgan fingerprint density at radius 3 is 2.25 bits per heavy atom. The highest BCUT2D eigenvalue weighted by Crippen LogP contribution is 2.08. The summed E-state index contributed by atoms with van der Waals surface area (Å²) in [5, 5.41) is 0. The fourth-order valence-electron chi connectivity index (χ4n) is 1.84. The summed E-state index contributed by atoms with van der Waals surface area (Å²) in [5.41, 5.74) is 0. The summed E-state index contributed by atoms with van der Waals surface area (Å²) < 4.78 is 5.32. The van der Waals surface area contributed by atoms with Crippen molar-refractivity contribution in [3.05, 3.63) is 12.2 Å². The number of hydrogen-bond donors (Lipinski definition) is 0. The third kappa shape index (κ3) is 10.2. The van der Waals surface area contributed by atoms with Gasteiger partial charge in [-0.15, -0.1) is 0 Å². The molecular formula is C15H30O. The molecule has 0 aromatic heterocycles. The van der Waals surface area contributed by atoms with Crippen LogP contribution in [0.15, 0.2) is 12.2 Å². The van der Waals surface area contributed by atoms with Gasteiger partial charge >= 0.3 is 0 Å². The van der Waals surface area contributed by atoms with E-state index in [1.54, 1.807) is 7.11 Å². The second-order valence-electron chi connectivity index (χ2n) is 4.53. The number of ether oxygens (including phenoxy) is 1. The van der Waals surface area contributed by atoms with Crippen LogP contribution in [0.2, 0.25) is 0 Å². The molecule has 0 aromatic rings. The predicted molar refractivity (Wildman–Crippen MR) is 72.8 cm³/mol. The Morgan fingerprint density at radius 1 is 0.938 bits per heavy atom. The molecule has 0 aliphatic carbocycles. The molecule has 0 rings (SSSR count). The number of methoxy groups -OCH3 is 1. The van der Waals surface area contributed by atoms with E-state index in [0.717, 1.165) is 12.8 Å². The van der Waals surface area contributed by atoms with Crippen molar-refractivity contribution < 1.29 is 4.74 Å². The molecule has 1 heteroatoms. The van der Waals surface area contributed by atoms with Gasteiger partial charge in [0.25, 0.3) is 0 Å². The van der Waals surface area contributed by atoms with Crippen LogP contribution in [0.5, 0.6) is 0 Å². The maximum atomic E-state index is 5.32. The zero-order chi connectivity index (χ0) is 12.1. The highest BCUT2D eigenvalue weighted by Gasteiger charge is 1.99. The van der Waals surface area contributed by atoms with E-state index < -0.39 is 0 Å². The minimum absolute atomic E-state index is 0.417. The van der Waals surface area contributed by atoms with Crippen molar-refractivity contribution in [1.29, 1.82) is 0 Å². The zero-order valence-electron chi connectivity index (χ0n) is 11.5. The Hall–Kier alpha value is -0.300. The SMILES string of the molecule is CCCCCCCCC=CCC(CC)OC. The molecule has 16 heavy (non-hydrogen) atoms. The van der Waals surface area contributed by atoms with E-state index in [1.807, 2.05) is 0 Å². The van der Waals surface area contributed by atoms with Gasteiger partial charge in [-0.05, 0) is 25.7 Å². The van der Waals surface area contributed by atoms with E-state index in [4.69, 9.17) is 4.74 Å². The van der Waals surface area contributed by atoms with Crippen molar-refractivity contribution in [2.24, 2.45) is 0 Å². The molecule has 0 saturated heterocycles. The zero-order valence-corrected chi connectivity index (χ0v) is 11.5. The van der Waals surface area contributed by atoms with E-state index >= 15 is 0 Å². The second-order valence-corrected chi connectivity index (χ2v) is 4.53. The fourth-order valence-corrected chi connectivity index (χ4v) is 1.84. The molecule has 0 aliphatic rings. The van der Waals surface area contributed by atoms with E-state index in [0.29, 0.717) is 6.10 Å². The van der Waals surface area contributed by atoms with Crippen LogP contribution in [0.1, 0.15) is 71.6 Å². The molecule has 0 bridgehead atoms. The number of hydrogen-bond acceptors (Lipinski definition) is 1. The lowest BCUT2D eigenvalue weighted by atomic mass is 10.1. The topological polar surface area (TPSA) is 9.23 Å². The van der Waals surface area contributed by atoms with Gasteiger partial charge in [-0.3, -0.25) is 0 Å². The Kier molecular flexibility index (Phi) is 12.5. The van der Waals surface area contributed by atoms with Crippen molar-refractivity contribution in [2.75, 3.05) is 7.11 Å². The Morgan fingerprint density at radius 2 is 1.62 bits per heavy atom. The number of rotatable bonds is 11. The van der Waals surface area contributed by atoms with E-state index in [2.05, 4.69) is 26.0 Å². The monoisotopic (exact) mass is 226 g/mol. The maximum Gasteiger partial charge on any atom is 0.0603 e. The highest BCUT2D eigenvalue weighted by atomic mass is 16.5. The molecule has 96 valence electrons. The van der Waals surface area contributed by atoms with Crippen LogP contribution in [-0.4, -0.2) is 13.2 Å². The van der Waals surface area contributed by atoms with Gasteiger partial charge in [0.1, 0.15) is 0 Å². The molecule has 0 spiro atoms. The van der Waals surface area contributed by atoms with Crippen molar-refractivity contribution in [3.8, 4) is 0 Å².